The minimum Gasteiger partial charge on any atom is -0.497 e. The van der Waals surface area contributed by atoms with Crippen LogP contribution >= 0.6 is 11.3 Å². The minimum atomic E-state index is -0.322. The summed E-state index contributed by atoms with van der Waals surface area (Å²) in [5.41, 5.74) is 1.29. The molecule has 10 nitrogen and oxygen atoms in total. The zero-order valence-electron chi connectivity index (χ0n) is 18.4. The van der Waals surface area contributed by atoms with Gasteiger partial charge in [-0.3, -0.25) is 4.79 Å². The van der Waals surface area contributed by atoms with Crippen LogP contribution in [0.5, 0.6) is 17.2 Å². The number of nitrogens with one attached hydrogen (secondary N) is 2. The van der Waals surface area contributed by atoms with Gasteiger partial charge in [-0.2, -0.15) is 0 Å². The Morgan fingerprint density at radius 3 is 2.65 bits per heavy atom. The van der Waals surface area contributed by atoms with Crippen LogP contribution in [0.15, 0.2) is 42.5 Å². The number of piperidine rings is 1. The van der Waals surface area contributed by atoms with Crippen LogP contribution in [0.3, 0.4) is 0 Å². The van der Waals surface area contributed by atoms with Crippen LogP contribution in [0, 0.1) is 0 Å². The van der Waals surface area contributed by atoms with Crippen molar-refractivity contribution in [2.75, 3.05) is 37.6 Å². The van der Waals surface area contributed by atoms with Gasteiger partial charge in [0.1, 0.15) is 10.8 Å². The van der Waals surface area contributed by atoms with Gasteiger partial charge in [0.05, 0.1) is 7.11 Å². The Morgan fingerprint density at radius 2 is 1.82 bits per heavy atom. The number of urea groups is 1. The standard InChI is InChI=1S/C23H23N5O5S/c1-31-17-4-2-3-15(11-17)25-23(30)28-9-7-14(8-10-28)21-26-27-22(34-21)20(29)24-16-5-6-18-19(12-16)33-13-32-18/h2-6,11-12,14H,7-10,13H2,1H3,(H,24,29)(H,25,30). The van der Waals surface area contributed by atoms with Crippen molar-refractivity contribution >= 4 is 34.6 Å². The van der Waals surface area contributed by atoms with E-state index < -0.39 is 0 Å². The number of benzene rings is 2. The first-order valence-corrected chi connectivity index (χ1v) is 11.6. The van der Waals surface area contributed by atoms with Crippen molar-refractivity contribution in [1.82, 2.24) is 15.1 Å². The molecule has 2 aliphatic rings. The number of amides is 3. The summed E-state index contributed by atoms with van der Waals surface area (Å²) in [5.74, 6) is 1.77. The van der Waals surface area contributed by atoms with Gasteiger partial charge < -0.3 is 29.7 Å². The highest BCUT2D eigenvalue weighted by atomic mass is 32.1. The maximum atomic E-state index is 12.6. The number of carbonyl (C=O) groups is 2. The molecule has 3 aromatic rings. The van der Waals surface area contributed by atoms with E-state index in [1.807, 2.05) is 18.2 Å². The topological polar surface area (TPSA) is 115 Å². The summed E-state index contributed by atoms with van der Waals surface area (Å²) in [6, 6.07) is 12.3. The molecule has 0 atom stereocenters. The van der Waals surface area contributed by atoms with Gasteiger partial charge in [0.2, 0.25) is 11.8 Å². The van der Waals surface area contributed by atoms with E-state index >= 15 is 0 Å². The van der Waals surface area contributed by atoms with Crippen molar-refractivity contribution in [1.29, 1.82) is 0 Å². The molecule has 34 heavy (non-hydrogen) atoms. The molecule has 1 aromatic heterocycles. The number of fused-ring (bicyclic) bond motifs is 1. The third-order valence-electron chi connectivity index (χ3n) is 5.72. The Labute approximate surface area is 199 Å². The Morgan fingerprint density at radius 1 is 1.03 bits per heavy atom. The molecule has 0 saturated carbocycles. The van der Waals surface area contributed by atoms with E-state index in [0.717, 1.165) is 17.8 Å². The molecule has 176 valence electrons. The number of ether oxygens (including phenoxy) is 3. The molecule has 3 amide bonds. The van der Waals surface area contributed by atoms with E-state index in [0.29, 0.717) is 46.7 Å². The summed E-state index contributed by atoms with van der Waals surface area (Å²) in [4.78, 5) is 27.0. The van der Waals surface area contributed by atoms with E-state index in [1.165, 1.54) is 11.3 Å². The third-order valence-corrected chi connectivity index (χ3v) is 6.80. The maximum absolute atomic E-state index is 12.6. The monoisotopic (exact) mass is 481 g/mol. The molecule has 0 unspecified atom stereocenters. The molecule has 2 aliphatic heterocycles. The normalized spacial score (nSPS) is 15.1. The molecular weight excluding hydrogens is 458 g/mol. The second-order valence-electron chi connectivity index (χ2n) is 7.89. The van der Waals surface area contributed by atoms with Gasteiger partial charge >= 0.3 is 6.03 Å². The highest BCUT2D eigenvalue weighted by Crippen LogP contribution is 2.35. The van der Waals surface area contributed by atoms with Gasteiger partial charge in [-0.25, -0.2) is 4.79 Å². The molecular formula is C23H23N5O5S. The van der Waals surface area contributed by atoms with Crippen LogP contribution in [-0.2, 0) is 0 Å². The van der Waals surface area contributed by atoms with E-state index in [1.54, 1.807) is 36.3 Å². The summed E-state index contributed by atoms with van der Waals surface area (Å²) in [6.07, 6.45) is 1.51. The van der Waals surface area contributed by atoms with E-state index in [9.17, 15) is 9.59 Å². The fraction of sp³-hybridized carbons (Fsp3) is 0.304. The lowest BCUT2D eigenvalue weighted by Crippen LogP contribution is -2.40. The molecule has 0 aliphatic carbocycles. The Kier molecular flexibility index (Phi) is 6.17. The van der Waals surface area contributed by atoms with Crippen molar-refractivity contribution in [2.24, 2.45) is 0 Å². The van der Waals surface area contributed by atoms with Gasteiger partial charge in [0.25, 0.3) is 5.91 Å². The molecule has 11 heteroatoms. The number of likely N-dealkylation sites (tertiary alicyclic amines) is 1. The summed E-state index contributed by atoms with van der Waals surface area (Å²) < 4.78 is 15.8. The van der Waals surface area contributed by atoms with Crippen molar-refractivity contribution in [2.45, 2.75) is 18.8 Å². The molecule has 1 saturated heterocycles. The Hall–Kier alpha value is -3.86. The van der Waals surface area contributed by atoms with E-state index in [2.05, 4.69) is 20.8 Å². The molecule has 2 aromatic carbocycles. The predicted molar refractivity (Wildman–Crippen MR) is 126 cm³/mol. The SMILES string of the molecule is COc1cccc(NC(=O)N2CCC(c3nnc(C(=O)Nc4ccc5c(c4)OCO5)s3)CC2)c1. The second-order valence-corrected chi connectivity index (χ2v) is 8.90. The maximum Gasteiger partial charge on any atom is 0.321 e. The lowest BCUT2D eigenvalue weighted by atomic mass is 9.98. The van der Waals surface area contributed by atoms with Gasteiger partial charge in [-0.05, 0) is 37.1 Å². The first-order valence-electron chi connectivity index (χ1n) is 10.8. The largest absolute Gasteiger partial charge is 0.497 e. The quantitative estimate of drug-likeness (QED) is 0.567. The summed E-state index contributed by atoms with van der Waals surface area (Å²) in [5, 5.41) is 15.2. The number of anilines is 2. The summed E-state index contributed by atoms with van der Waals surface area (Å²) in [7, 11) is 1.59. The van der Waals surface area contributed by atoms with Crippen LogP contribution in [0.4, 0.5) is 16.2 Å². The molecule has 2 N–H and O–H groups in total. The number of aromatic nitrogens is 2. The number of hydrogen-bond donors (Lipinski definition) is 2. The molecule has 0 bridgehead atoms. The fourth-order valence-electron chi connectivity index (χ4n) is 3.88. The Bertz CT molecular complexity index is 1210. The third kappa shape index (κ3) is 4.74. The first kappa shape index (κ1) is 22.0. The van der Waals surface area contributed by atoms with Crippen LogP contribution < -0.4 is 24.8 Å². The average molecular weight is 482 g/mol. The predicted octanol–water partition coefficient (Wildman–Crippen LogP) is 3.94. The summed E-state index contributed by atoms with van der Waals surface area (Å²) in [6.45, 7) is 1.37. The van der Waals surface area contributed by atoms with Crippen molar-refractivity contribution in [3.8, 4) is 17.2 Å². The smallest absolute Gasteiger partial charge is 0.321 e. The number of rotatable bonds is 5. The highest BCUT2D eigenvalue weighted by Gasteiger charge is 2.27. The minimum absolute atomic E-state index is 0.146. The second kappa shape index (κ2) is 9.56. The molecule has 3 heterocycles. The van der Waals surface area contributed by atoms with Gasteiger partial charge in [0.15, 0.2) is 11.5 Å². The van der Waals surface area contributed by atoms with E-state index in [4.69, 9.17) is 14.2 Å². The lowest BCUT2D eigenvalue weighted by Gasteiger charge is -2.31. The molecule has 5 rings (SSSR count). The number of hydrogen-bond acceptors (Lipinski definition) is 8. The first-order chi connectivity index (χ1) is 16.6. The van der Waals surface area contributed by atoms with Crippen LogP contribution in [0.2, 0.25) is 0 Å². The highest BCUT2D eigenvalue weighted by molar-refractivity contribution is 7.13. The van der Waals surface area contributed by atoms with Crippen molar-refractivity contribution in [3.63, 3.8) is 0 Å². The van der Waals surface area contributed by atoms with Gasteiger partial charge in [-0.15, -0.1) is 10.2 Å². The van der Waals surface area contributed by atoms with Gasteiger partial charge in [-0.1, -0.05) is 17.4 Å². The van der Waals surface area contributed by atoms with Crippen LogP contribution in [-0.4, -0.2) is 54.0 Å². The van der Waals surface area contributed by atoms with Crippen LogP contribution in [0.1, 0.15) is 33.6 Å². The fourth-order valence-corrected chi connectivity index (χ4v) is 4.79. The average Bonchev–Trinajstić information content (AvgIpc) is 3.54. The van der Waals surface area contributed by atoms with Crippen LogP contribution in [0.25, 0.3) is 0 Å². The summed E-state index contributed by atoms with van der Waals surface area (Å²) >= 11 is 1.29. The zero-order valence-corrected chi connectivity index (χ0v) is 19.3. The van der Waals surface area contributed by atoms with E-state index in [-0.39, 0.29) is 24.6 Å². The Balaban J connectivity index is 1.15. The number of nitrogens with zero attached hydrogens (tertiary/aromatic N) is 3. The van der Waals surface area contributed by atoms with Gasteiger partial charge in [0, 0.05) is 42.5 Å². The van der Waals surface area contributed by atoms with Crippen molar-refractivity contribution in [3.05, 3.63) is 52.5 Å². The molecule has 1 fully saturated rings. The number of methoxy groups -OCH3 is 1. The number of carbonyl (C=O) groups excluding carboxylic acids is 2. The molecule has 0 radical (unpaired) electrons. The zero-order chi connectivity index (χ0) is 23.5. The lowest BCUT2D eigenvalue weighted by molar-refractivity contribution is 0.102. The molecule has 0 spiro atoms. The van der Waals surface area contributed by atoms with Crippen molar-refractivity contribution < 1.29 is 23.8 Å².